The number of benzene rings is 1. The first-order valence-corrected chi connectivity index (χ1v) is 7.93. The minimum Gasteiger partial charge on any atom is -0.340 e. The molecular weight excluding hydrogens is 360 g/mol. The van der Waals surface area contributed by atoms with E-state index in [0.29, 0.717) is 0 Å². The maximum Gasteiger partial charge on any atom is 0.328 e. The number of halogens is 2. The van der Waals surface area contributed by atoms with Gasteiger partial charge in [0.2, 0.25) is 0 Å². The molecule has 1 aromatic rings. The van der Waals surface area contributed by atoms with Gasteiger partial charge in [-0.25, -0.2) is 17.9 Å². The number of urea groups is 1. The zero-order chi connectivity index (χ0) is 14.6. The summed E-state index contributed by atoms with van der Waals surface area (Å²) in [5.41, 5.74) is 0.179. The van der Waals surface area contributed by atoms with Crippen molar-refractivity contribution in [2.45, 2.75) is 4.90 Å². The van der Waals surface area contributed by atoms with E-state index in [9.17, 15) is 18.0 Å². The van der Waals surface area contributed by atoms with E-state index < -0.39 is 16.1 Å². The Balaban J connectivity index is 3.26. The normalized spacial score (nSPS) is 10.9. The number of hydrogen-bond donors (Lipinski definition) is 2. The van der Waals surface area contributed by atoms with Crippen LogP contribution < -0.4 is 10.0 Å². The Bertz CT molecular complexity index is 618. The predicted octanol–water partition coefficient (Wildman–Crippen LogP) is 1.54. The van der Waals surface area contributed by atoms with Crippen molar-refractivity contribution in [3.05, 3.63) is 28.8 Å². The van der Waals surface area contributed by atoms with Gasteiger partial charge in [-0.15, -0.1) is 0 Å². The van der Waals surface area contributed by atoms with Crippen molar-refractivity contribution in [2.75, 3.05) is 12.4 Å². The third kappa shape index (κ3) is 3.92. The van der Waals surface area contributed by atoms with Gasteiger partial charge in [-0.2, -0.15) is 0 Å². The minimum absolute atomic E-state index is 0.0526. The molecule has 0 saturated heterocycles. The van der Waals surface area contributed by atoms with E-state index in [-0.39, 0.29) is 26.6 Å². The first kappa shape index (κ1) is 15.9. The molecule has 1 aromatic carbocycles. The highest BCUT2D eigenvalue weighted by Gasteiger charge is 2.21. The van der Waals surface area contributed by atoms with Crippen LogP contribution >= 0.6 is 27.5 Å². The van der Waals surface area contributed by atoms with Gasteiger partial charge in [0.1, 0.15) is 4.90 Å². The fourth-order valence-electron chi connectivity index (χ4n) is 1.19. The number of Topliss-reactive ketones (excluding diaryl/α,β-unsaturated/α-hetero) is 1. The van der Waals surface area contributed by atoms with E-state index in [1.165, 1.54) is 19.2 Å². The lowest BCUT2D eigenvalue weighted by Gasteiger charge is -2.09. The number of carbonyl (C=O) groups excluding carboxylic acids is 2. The Hall–Kier alpha value is -1.12. The van der Waals surface area contributed by atoms with Gasteiger partial charge in [-0.3, -0.25) is 4.79 Å². The number of ketones is 1. The van der Waals surface area contributed by atoms with Crippen LogP contribution in [0.3, 0.4) is 0 Å². The molecule has 2 N–H and O–H groups in total. The fraction of sp³-hybridized carbons (Fsp3) is 0.200. The van der Waals surface area contributed by atoms with E-state index in [2.05, 4.69) is 21.2 Å². The molecule has 0 radical (unpaired) electrons. The number of sulfonamides is 1. The minimum atomic E-state index is -4.13. The molecule has 6 nitrogen and oxygen atoms in total. The molecule has 9 heteroatoms. The Morgan fingerprint density at radius 3 is 2.53 bits per heavy atom. The fourth-order valence-corrected chi connectivity index (χ4v) is 3.00. The molecule has 0 saturated carbocycles. The molecule has 0 aliphatic rings. The SMILES string of the molecule is CNC(=O)NS(=O)(=O)c1cc(C(=O)CBr)ccc1Cl. The maximum absolute atomic E-state index is 11.9. The number of amides is 2. The van der Waals surface area contributed by atoms with Crippen molar-refractivity contribution in [3.8, 4) is 0 Å². The van der Waals surface area contributed by atoms with E-state index in [0.717, 1.165) is 6.07 Å². The van der Waals surface area contributed by atoms with Crippen molar-refractivity contribution in [1.82, 2.24) is 10.0 Å². The Labute approximate surface area is 123 Å². The molecule has 1 rings (SSSR count). The number of hydrogen-bond acceptors (Lipinski definition) is 4. The monoisotopic (exact) mass is 368 g/mol. The van der Waals surface area contributed by atoms with Gasteiger partial charge in [0.15, 0.2) is 5.78 Å². The van der Waals surface area contributed by atoms with Gasteiger partial charge in [-0.1, -0.05) is 27.5 Å². The average molecular weight is 370 g/mol. The second-order valence-corrected chi connectivity index (χ2v) is 6.01. The van der Waals surface area contributed by atoms with E-state index >= 15 is 0 Å². The van der Waals surface area contributed by atoms with Crippen LogP contribution in [0.15, 0.2) is 23.1 Å². The molecule has 0 unspecified atom stereocenters. The number of rotatable bonds is 4. The summed E-state index contributed by atoms with van der Waals surface area (Å²) in [5.74, 6) is -0.298. The Kier molecular flexibility index (Phi) is 5.33. The quantitative estimate of drug-likeness (QED) is 0.622. The number of alkyl halides is 1. The zero-order valence-corrected chi connectivity index (χ0v) is 12.9. The van der Waals surface area contributed by atoms with Crippen LogP contribution in [0.1, 0.15) is 10.4 Å². The molecule has 0 spiro atoms. The van der Waals surface area contributed by atoms with Crippen molar-refractivity contribution >= 4 is 49.4 Å². The summed E-state index contributed by atoms with van der Waals surface area (Å²) < 4.78 is 25.6. The highest BCUT2D eigenvalue weighted by atomic mass is 79.9. The van der Waals surface area contributed by atoms with Crippen molar-refractivity contribution in [2.24, 2.45) is 0 Å². The van der Waals surface area contributed by atoms with Crippen LogP contribution in [0, 0.1) is 0 Å². The van der Waals surface area contributed by atoms with Crippen molar-refractivity contribution < 1.29 is 18.0 Å². The van der Waals surface area contributed by atoms with Crippen molar-refractivity contribution in [1.29, 1.82) is 0 Å². The maximum atomic E-state index is 11.9. The molecular formula is C10H10BrClN2O4S. The van der Waals surface area contributed by atoms with Crippen LogP contribution in [0.2, 0.25) is 5.02 Å². The summed E-state index contributed by atoms with van der Waals surface area (Å²) in [5, 5.41) is 2.08. The first-order valence-electron chi connectivity index (χ1n) is 4.95. The van der Waals surface area contributed by atoms with Gasteiger partial charge >= 0.3 is 6.03 Å². The summed E-state index contributed by atoms with van der Waals surface area (Å²) in [6, 6.07) is 2.92. The molecule has 0 fully saturated rings. The molecule has 104 valence electrons. The largest absolute Gasteiger partial charge is 0.340 e. The number of nitrogens with one attached hydrogen (secondary N) is 2. The summed E-state index contributed by atoms with van der Waals surface area (Å²) in [6.45, 7) is 0. The van der Waals surface area contributed by atoms with Gasteiger partial charge in [-0.05, 0) is 18.2 Å². The molecule has 0 aliphatic carbocycles. The second-order valence-electron chi connectivity index (χ2n) is 3.39. The lowest BCUT2D eigenvalue weighted by Crippen LogP contribution is -2.37. The Morgan fingerprint density at radius 1 is 1.37 bits per heavy atom. The molecule has 0 aliphatic heterocycles. The summed E-state index contributed by atoms with van der Waals surface area (Å²) in [4.78, 5) is 22.2. The van der Waals surface area contributed by atoms with E-state index in [1.54, 1.807) is 4.72 Å². The van der Waals surface area contributed by atoms with Crippen LogP contribution in [-0.4, -0.2) is 32.6 Å². The predicted molar refractivity (Wildman–Crippen MR) is 74.4 cm³/mol. The van der Waals surface area contributed by atoms with Gasteiger partial charge in [0, 0.05) is 12.6 Å². The summed E-state index contributed by atoms with van der Waals surface area (Å²) in [7, 11) is -2.85. The third-order valence-electron chi connectivity index (χ3n) is 2.12. The smallest absolute Gasteiger partial charge is 0.328 e. The molecule has 0 atom stereocenters. The van der Waals surface area contributed by atoms with Crippen LogP contribution in [0.5, 0.6) is 0 Å². The van der Waals surface area contributed by atoms with E-state index in [1.807, 2.05) is 0 Å². The van der Waals surface area contributed by atoms with Gasteiger partial charge in [0.25, 0.3) is 10.0 Å². The van der Waals surface area contributed by atoms with Crippen LogP contribution in [0.25, 0.3) is 0 Å². The Morgan fingerprint density at radius 2 is 2.00 bits per heavy atom. The van der Waals surface area contributed by atoms with Crippen molar-refractivity contribution in [3.63, 3.8) is 0 Å². The average Bonchev–Trinajstić information content (AvgIpc) is 2.37. The topological polar surface area (TPSA) is 92.3 Å². The summed E-state index contributed by atoms with van der Waals surface area (Å²) >= 11 is 8.77. The number of carbonyl (C=O) groups is 2. The molecule has 0 heterocycles. The summed E-state index contributed by atoms with van der Waals surface area (Å²) in [6.07, 6.45) is 0. The third-order valence-corrected chi connectivity index (χ3v) is 4.44. The van der Waals surface area contributed by atoms with Gasteiger partial charge < -0.3 is 5.32 Å². The first-order chi connectivity index (χ1) is 8.81. The van der Waals surface area contributed by atoms with E-state index in [4.69, 9.17) is 11.6 Å². The van der Waals surface area contributed by atoms with Crippen LogP contribution in [-0.2, 0) is 10.0 Å². The lowest BCUT2D eigenvalue weighted by atomic mass is 10.1. The molecule has 0 bridgehead atoms. The van der Waals surface area contributed by atoms with Crippen LogP contribution in [0.4, 0.5) is 4.79 Å². The molecule has 19 heavy (non-hydrogen) atoms. The molecule has 0 aromatic heterocycles. The molecule has 2 amide bonds. The second kappa shape index (κ2) is 6.36. The lowest BCUT2D eigenvalue weighted by molar-refractivity contribution is 0.102. The zero-order valence-electron chi connectivity index (χ0n) is 9.74. The highest BCUT2D eigenvalue weighted by molar-refractivity contribution is 9.09. The van der Waals surface area contributed by atoms with Gasteiger partial charge in [0.05, 0.1) is 10.4 Å². The standard InChI is InChI=1S/C10H10BrClN2O4S/c1-13-10(16)14-19(17,18)9-4-6(8(15)5-11)2-3-7(9)12/h2-4H,5H2,1H3,(H2,13,14,16). The highest BCUT2D eigenvalue weighted by Crippen LogP contribution is 2.23.